The minimum absolute atomic E-state index is 0.0322. The van der Waals surface area contributed by atoms with Gasteiger partial charge >= 0.3 is 5.97 Å². The van der Waals surface area contributed by atoms with Crippen LogP contribution in [-0.4, -0.2) is 5.97 Å². The Bertz CT molecular complexity index is 662. The second kappa shape index (κ2) is 6.11. The van der Waals surface area contributed by atoms with Crippen LogP contribution in [0.3, 0.4) is 0 Å². The van der Waals surface area contributed by atoms with Gasteiger partial charge in [-0.2, -0.15) is 0 Å². The quantitative estimate of drug-likeness (QED) is 0.686. The lowest BCUT2D eigenvalue weighted by atomic mass is 10.2. The maximum absolute atomic E-state index is 13.0. The number of hydrogen-bond donors (Lipinski definition) is 1. The topological polar surface area (TPSA) is 52.3 Å². The van der Waals surface area contributed by atoms with E-state index in [-0.39, 0.29) is 17.9 Å². The molecule has 2 aromatic rings. The third-order valence-corrected chi connectivity index (χ3v) is 3.48. The number of nitrogen functional groups attached to an aromatic ring is 1. The van der Waals surface area contributed by atoms with Gasteiger partial charge in [0.1, 0.15) is 12.4 Å². The molecule has 0 atom stereocenters. The number of carbonyl (C=O) groups is 1. The molecule has 6 heteroatoms. The maximum Gasteiger partial charge on any atom is 0.338 e. The lowest BCUT2D eigenvalue weighted by molar-refractivity contribution is 0.0473. The summed E-state index contributed by atoms with van der Waals surface area (Å²) in [4.78, 5) is 11.8. The van der Waals surface area contributed by atoms with Crippen LogP contribution >= 0.6 is 23.2 Å². The number of esters is 1. The van der Waals surface area contributed by atoms with E-state index in [2.05, 4.69) is 0 Å². The van der Waals surface area contributed by atoms with Gasteiger partial charge < -0.3 is 10.5 Å². The number of nitrogens with two attached hydrogens (primary N) is 1. The minimum atomic E-state index is -0.618. The zero-order valence-electron chi connectivity index (χ0n) is 10.2. The first-order valence-electron chi connectivity index (χ1n) is 5.64. The highest BCUT2D eigenvalue weighted by Crippen LogP contribution is 2.26. The molecule has 0 saturated carbocycles. The normalized spacial score (nSPS) is 10.3. The Morgan fingerprint density at radius 3 is 2.70 bits per heavy atom. The summed E-state index contributed by atoms with van der Waals surface area (Å²) in [6.07, 6.45) is 0. The van der Waals surface area contributed by atoms with E-state index in [4.69, 9.17) is 33.7 Å². The average Bonchev–Trinajstić information content (AvgIpc) is 2.43. The van der Waals surface area contributed by atoms with Crippen molar-refractivity contribution in [3.63, 3.8) is 0 Å². The SMILES string of the molecule is Nc1cc(C(=O)OCc2cccc(Cl)c2Cl)ccc1F. The van der Waals surface area contributed by atoms with Crippen LogP contribution in [0.25, 0.3) is 0 Å². The summed E-state index contributed by atoms with van der Waals surface area (Å²) < 4.78 is 18.1. The molecule has 0 fully saturated rings. The molecule has 0 saturated heterocycles. The van der Waals surface area contributed by atoms with E-state index in [0.717, 1.165) is 6.07 Å². The van der Waals surface area contributed by atoms with Gasteiger partial charge in [0, 0.05) is 5.56 Å². The molecule has 0 bridgehead atoms. The predicted molar refractivity (Wildman–Crippen MR) is 76.4 cm³/mol. The third kappa shape index (κ3) is 3.21. The Labute approximate surface area is 125 Å². The highest BCUT2D eigenvalue weighted by molar-refractivity contribution is 6.42. The van der Waals surface area contributed by atoms with Gasteiger partial charge in [0.05, 0.1) is 21.3 Å². The van der Waals surface area contributed by atoms with Crippen molar-refractivity contribution < 1.29 is 13.9 Å². The van der Waals surface area contributed by atoms with Crippen LogP contribution in [0.1, 0.15) is 15.9 Å². The zero-order valence-corrected chi connectivity index (χ0v) is 11.7. The Morgan fingerprint density at radius 2 is 2.00 bits per heavy atom. The van der Waals surface area contributed by atoms with Gasteiger partial charge in [-0.15, -0.1) is 0 Å². The van der Waals surface area contributed by atoms with E-state index in [0.29, 0.717) is 15.6 Å². The van der Waals surface area contributed by atoms with E-state index in [1.165, 1.54) is 12.1 Å². The fourth-order valence-electron chi connectivity index (χ4n) is 1.56. The summed E-state index contributed by atoms with van der Waals surface area (Å²) in [5.41, 5.74) is 6.03. The monoisotopic (exact) mass is 313 g/mol. The smallest absolute Gasteiger partial charge is 0.338 e. The van der Waals surface area contributed by atoms with E-state index >= 15 is 0 Å². The molecule has 0 spiro atoms. The van der Waals surface area contributed by atoms with Crippen LogP contribution in [0.2, 0.25) is 10.0 Å². The summed E-state index contributed by atoms with van der Waals surface area (Å²) in [5.74, 6) is -1.20. The molecule has 0 heterocycles. The number of ether oxygens (including phenoxy) is 1. The molecule has 104 valence electrons. The summed E-state index contributed by atoms with van der Waals surface area (Å²) in [5, 5.41) is 0.715. The Balaban J connectivity index is 2.08. The molecule has 2 N–H and O–H groups in total. The zero-order chi connectivity index (χ0) is 14.7. The number of benzene rings is 2. The number of rotatable bonds is 3. The number of anilines is 1. The maximum atomic E-state index is 13.0. The number of hydrogen-bond acceptors (Lipinski definition) is 3. The van der Waals surface area contributed by atoms with Crippen molar-refractivity contribution in [2.75, 3.05) is 5.73 Å². The van der Waals surface area contributed by atoms with E-state index in [1.807, 2.05) is 0 Å². The first kappa shape index (κ1) is 14.6. The van der Waals surface area contributed by atoms with Gasteiger partial charge in [-0.05, 0) is 24.3 Å². The van der Waals surface area contributed by atoms with E-state index < -0.39 is 11.8 Å². The van der Waals surface area contributed by atoms with Crippen LogP contribution in [0.4, 0.5) is 10.1 Å². The first-order chi connectivity index (χ1) is 9.49. The van der Waals surface area contributed by atoms with Gasteiger partial charge in [0.25, 0.3) is 0 Å². The average molecular weight is 314 g/mol. The number of halogens is 3. The second-order valence-corrected chi connectivity index (χ2v) is 4.81. The van der Waals surface area contributed by atoms with Crippen LogP contribution in [0, 0.1) is 5.82 Å². The number of carbonyl (C=O) groups excluding carboxylic acids is 1. The predicted octanol–water partition coefficient (Wildman–Crippen LogP) is 4.07. The fraction of sp³-hybridized carbons (Fsp3) is 0.0714. The summed E-state index contributed by atoms with van der Waals surface area (Å²) in [6, 6.07) is 8.66. The van der Waals surface area contributed by atoms with Crippen molar-refractivity contribution in [3.05, 3.63) is 63.4 Å². The van der Waals surface area contributed by atoms with E-state index in [9.17, 15) is 9.18 Å². The summed E-state index contributed by atoms with van der Waals surface area (Å²) >= 11 is 11.8. The molecule has 0 amide bonds. The minimum Gasteiger partial charge on any atom is -0.457 e. The van der Waals surface area contributed by atoms with Gasteiger partial charge in [-0.3, -0.25) is 0 Å². The van der Waals surface area contributed by atoms with Crippen molar-refractivity contribution in [3.8, 4) is 0 Å². The Morgan fingerprint density at radius 1 is 1.25 bits per heavy atom. The highest BCUT2D eigenvalue weighted by Gasteiger charge is 2.11. The lowest BCUT2D eigenvalue weighted by Gasteiger charge is -2.08. The van der Waals surface area contributed by atoms with Crippen molar-refractivity contribution in [2.45, 2.75) is 6.61 Å². The van der Waals surface area contributed by atoms with Crippen LogP contribution in [-0.2, 0) is 11.3 Å². The third-order valence-electron chi connectivity index (χ3n) is 2.62. The molecular weight excluding hydrogens is 304 g/mol. The highest BCUT2D eigenvalue weighted by atomic mass is 35.5. The first-order valence-corrected chi connectivity index (χ1v) is 6.39. The standard InChI is InChI=1S/C14H10Cl2FNO2/c15-10-3-1-2-9(13(10)16)7-20-14(19)8-4-5-11(17)12(18)6-8/h1-6H,7,18H2. The molecular formula is C14H10Cl2FNO2. The Hall–Kier alpha value is -1.78. The molecule has 20 heavy (non-hydrogen) atoms. The van der Waals surface area contributed by atoms with E-state index in [1.54, 1.807) is 18.2 Å². The molecule has 3 nitrogen and oxygen atoms in total. The van der Waals surface area contributed by atoms with Gasteiger partial charge in [0.2, 0.25) is 0 Å². The van der Waals surface area contributed by atoms with Crippen molar-refractivity contribution in [1.82, 2.24) is 0 Å². The van der Waals surface area contributed by atoms with Crippen molar-refractivity contribution in [2.24, 2.45) is 0 Å². The van der Waals surface area contributed by atoms with Crippen LogP contribution < -0.4 is 5.73 Å². The largest absolute Gasteiger partial charge is 0.457 e. The van der Waals surface area contributed by atoms with Gasteiger partial charge in [-0.1, -0.05) is 35.3 Å². The molecule has 0 aliphatic carbocycles. The van der Waals surface area contributed by atoms with Gasteiger partial charge in [0.15, 0.2) is 0 Å². The molecule has 0 aliphatic rings. The molecule has 0 radical (unpaired) electrons. The van der Waals surface area contributed by atoms with Crippen molar-refractivity contribution >= 4 is 34.9 Å². The summed E-state index contributed by atoms with van der Waals surface area (Å²) in [6.45, 7) is -0.0322. The van der Waals surface area contributed by atoms with Gasteiger partial charge in [-0.25, -0.2) is 9.18 Å². The van der Waals surface area contributed by atoms with Crippen LogP contribution in [0.5, 0.6) is 0 Å². The second-order valence-electron chi connectivity index (χ2n) is 4.03. The molecule has 2 rings (SSSR count). The summed E-state index contributed by atoms with van der Waals surface area (Å²) in [7, 11) is 0. The Kier molecular flexibility index (Phi) is 4.47. The van der Waals surface area contributed by atoms with Crippen molar-refractivity contribution in [1.29, 1.82) is 0 Å². The molecule has 2 aromatic carbocycles. The molecule has 0 unspecified atom stereocenters. The van der Waals surface area contributed by atoms with Crippen LogP contribution in [0.15, 0.2) is 36.4 Å². The lowest BCUT2D eigenvalue weighted by Crippen LogP contribution is -2.06. The fourth-order valence-corrected chi connectivity index (χ4v) is 1.93. The molecule has 0 aromatic heterocycles. The molecule has 0 aliphatic heterocycles.